The van der Waals surface area contributed by atoms with Crippen molar-refractivity contribution in [2.45, 2.75) is 51.9 Å². The van der Waals surface area contributed by atoms with E-state index in [1.165, 1.54) is 28.2 Å². The van der Waals surface area contributed by atoms with Gasteiger partial charge in [0, 0.05) is 44.1 Å². The van der Waals surface area contributed by atoms with E-state index in [0.717, 1.165) is 38.5 Å². The highest BCUT2D eigenvalue weighted by atomic mass is 16.2. The van der Waals surface area contributed by atoms with Gasteiger partial charge in [-0.15, -0.1) is 0 Å². The molecule has 0 bridgehead atoms. The van der Waals surface area contributed by atoms with Crippen LogP contribution in [-0.2, 0) is 25.6 Å². The van der Waals surface area contributed by atoms with Crippen molar-refractivity contribution in [2.24, 2.45) is 11.8 Å². The molecular formula is C25H33N3O4. The summed E-state index contributed by atoms with van der Waals surface area (Å²) in [5, 5.41) is 5.78. The number of benzene rings is 1. The van der Waals surface area contributed by atoms with Crippen LogP contribution in [0.25, 0.3) is 0 Å². The molecule has 0 saturated heterocycles. The van der Waals surface area contributed by atoms with Crippen molar-refractivity contribution in [1.29, 1.82) is 0 Å². The molecule has 2 N–H and O–H groups in total. The number of hydrogen-bond acceptors (Lipinski definition) is 4. The van der Waals surface area contributed by atoms with Gasteiger partial charge < -0.3 is 10.6 Å². The van der Waals surface area contributed by atoms with Crippen LogP contribution in [0, 0.1) is 18.8 Å². The summed E-state index contributed by atoms with van der Waals surface area (Å²) in [5.41, 5.74) is 2.47. The second-order valence-electron chi connectivity index (χ2n) is 8.82. The minimum atomic E-state index is -0.243. The molecule has 0 spiro atoms. The number of rotatable bonds is 10. The number of nitrogens with zero attached hydrogens (tertiary/aromatic N) is 1. The summed E-state index contributed by atoms with van der Waals surface area (Å²) in [6.07, 6.45) is 7.94. The van der Waals surface area contributed by atoms with Gasteiger partial charge in [-0.25, -0.2) is 0 Å². The Balaban J connectivity index is 1.24. The van der Waals surface area contributed by atoms with E-state index in [-0.39, 0.29) is 35.5 Å². The lowest BCUT2D eigenvalue weighted by atomic mass is 9.81. The standard InChI is InChI=1S/C25H33N3O4/c1-18-5-7-19(8-6-18)3-2-4-22(29)26-15-16-27-25(32)21-11-9-20(10-12-21)17-28-23(30)13-14-24(28)31/h5-8,13-14,20-21H,2-4,9-12,15-17H2,1H3,(H,26,29)(H,27,32). The second kappa shape index (κ2) is 11.6. The highest BCUT2D eigenvalue weighted by molar-refractivity contribution is 6.12. The first kappa shape index (κ1) is 23.7. The molecule has 1 aliphatic carbocycles. The molecule has 3 rings (SSSR count). The lowest BCUT2D eigenvalue weighted by Crippen LogP contribution is -2.40. The Morgan fingerprint density at radius 1 is 0.938 bits per heavy atom. The molecule has 0 aromatic heterocycles. The zero-order chi connectivity index (χ0) is 22.9. The molecule has 0 unspecified atom stereocenters. The minimum absolute atomic E-state index is 0.00682. The molecular weight excluding hydrogens is 406 g/mol. The molecule has 1 saturated carbocycles. The SMILES string of the molecule is Cc1ccc(CCCC(=O)NCCNC(=O)C2CCC(CN3C(=O)C=CC3=O)CC2)cc1. The number of aryl methyl sites for hydroxylation is 2. The van der Waals surface area contributed by atoms with Crippen LogP contribution in [0.15, 0.2) is 36.4 Å². The molecule has 32 heavy (non-hydrogen) atoms. The third kappa shape index (κ3) is 7.04. The molecule has 0 radical (unpaired) electrons. The van der Waals surface area contributed by atoms with Crippen molar-refractivity contribution in [3.8, 4) is 0 Å². The van der Waals surface area contributed by atoms with Gasteiger partial charge in [0.05, 0.1) is 0 Å². The van der Waals surface area contributed by atoms with Gasteiger partial charge in [0.25, 0.3) is 11.8 Å². The maximum absolute atomic E-state index is 12.4. The van der Waals surface area contributed by atoms with Gasteiger partial charge in [0.1, 0.15) is 0 Å². The highest BCUT2D eigenvalue weighted by Crippen LogP contribution is 2.30. The van der Waals surface area contributed by atoms with Gasteiger partial charge in [-0.05, 0) is 56.9 Å². The molecule has 172 valence electrons. The van der Waals surface area contributed by atoms with Crippen LogP contribution in [0.5, 0.6) is 0 Å². The summed E-state index contributed by atoms with van der Waals surface area (Å²) in [6.45, 7) is 3.34. The predicted octanol–water partition coefficient (Wildman–Crippen LogP) is 2.28. The summed E-state index contributed by atoms with van der Waals surface area (Å²) in [5.74, 6) is -0.246. The van der Waals surface area contributed by atoms with Crippen molar-refractivity contribution in [1.82, 2.24) is 15.5 Å². The highest BCUT2D eigenvalue weighted by Gasteiger charge is 2.31. The molecule has 2 aliphatic rings. The predicted molar refractivity (Wildman–Crippen MR) is 121 cm³/mol. The van der Waals surface area contributed by atoms with E-state index in [9.17, 15) is 19.2 Å². The van der Waals surface area contributed by atoms with E-state index >= 15 is 0 Å². The third-order valence-corrected chi connectivity index (χ3v) is 6.30. The summed E-state index contributed by atoms with van der Waals surface area (Å²) >= 11 is 0. The van der Waals surface area contributed by atoms with E-state index in [1.54, 1.807) is 0 Å². The lowest BCUT2D eigenvalue weighted by Gasteiger charge is -2.30. The van der Waals surface area contributed by atoms with E-state index < -0.39 is 0 Å². The number of nitrogens with one attached hydrogen (secondary N) is 2. The summed E-state index contributed by atoms with van der Waals surface area (Å²) in [6, 6.07) is 8.35. The minimum Gasteiger partial charge on any atom is -0.354 e. The fraction of sp³-hybridized carbons (Fsp3) is 0.520. The van der Waals surface area contributed by atoms with Crippen LogP contribution in [0.1, 0.15) is 49.7 Å². The van der Waals surface area contributed by atoms with Gasteiger partial charge in [0.15, 0.2) is 0 Å². The van der Waals surface area contributed by atoms with Crippen LogP contribution in [0.3, 0.4) is 0 Å². The van der Waals surface area contributed by atoms with E-state index in [4.69, 9.17) is 0 Å². The zero-order valence-electron chi connectivity index (χ0n) is 18.8. The average molecular weight is 440 g/mol. The molecule has 0 atom stereocenters. The smallest absolute Gasteiger partial charge is 0.253 e. The van der Waals surface area contributed by atoms with E-state index in [0.29, 0.717) is 26.1 Å². The first-order chi connectivity index (χ1) is 15.4. The van der Waals surface area contributed by atoms with Crippen molar-refractivity contribution >= 4 is 23.6 Å². The Hall–Kier alpha value is -2.96. The van der Waals surface area contributed by atoms with Gasteiger partial charge in [-0.1, -0.05) is 29.8 Å². The summed E-state index contributed by atoms with van der Waals surface area (Å²) in [4.78, 5) is 49.0. The van der Waals surface area contributed by atoms with Gasteiger partial charge in [-0.3, -0.25) is 24.1 Å². The Kier molecular flexibility index (Phi) is 8.59. The zero-order valence-corrected chi connectivity index (χ0v) is 18.8. The largest absolute Gasteiger partial charge is 0.354 e. The fourth-order valence-corrected chi connectivity index (χ4v) is 4.30. The Morgan fingerprint density at radius 3 is 2.22 bits per heavy atom. The van der Waals surface area contributed by atoms with Crippen molar-refractivity contribution in [2.75, 3.05) is 19.6 Å². The number of carbonyl (C=O) groups excluding carboxylic acids is 4. The molecule has 4 amide bonds. The van der Waals surface area contributed by atoms with Crippen LogP contribution in [-0.4, -0.2) is 48.2 Å². The van der Waals surface area contributed by atoms with Crippen LogP contribution in [0.4, 0.5) is 0 Å². The molecule has 1 heterocycles. The quantitative estimate of drug-likeness (QED) is 0.432. The molecule has 1 fully saturated rings. The lowest BCUT2D eigenvalue weighted by molar-refractivity contribution is -0.138. The van der Waals surface area contributed by atoms with E-state index in [2.05, 4.69) is 41.8 Å². The van der Waals surface area contributed by atoms with Crippen LogP contribution in [0.2, 0.25) is 0 Å². The molecule has 1 aliphatic heterocycles. The number of imide groups is 1. The first-order valence-corrected chi connectivity index (χ1v) is 11.6. The number of hydrogen-bond donors (Lipinski definition) is 2. The van der Waals surface area contributed by atoms with Gasteiger partial charge >= 0.3 is 0 Å². The fourth-order valence-electron chi connectivity index (χ4n) is 4.30. The van der Waals surface area contributed by atoms with Crippen molar-refractivity contribution < 1.29 is 19.2 Å². The topological polar surface area (TPSA) is 95.6 Å². The summed E-state index contributed by atoms with van der Waals surface area (Å²) < 4.78 is 0. The number of carbonyl (C=O) groups is 4. The molecule has 1 aromatic carbocycles. The second-order valence-corrected chi connectivity index (χ2v) is 8.82. The third-order valence-electron chi connectivity index (χ3n) is 6.30. The van der Waals surface area contributed by atoms with Crippen molar-refractivity contribution in [3.05, 3.63) is 47.5 Å². The Bertz CT molecular complexity index is 836. The molecule has 1 aromatic rings. The summed E-state index contributed by atoms with van der Waals surface area (Å²) in [7, 11) is 0. The molecule has 7 heteroatoms. The van der Waals surface area contributed by atoms with Crippen LogP contribution < -0.4 is 10.6 Å². The van der Waals surface area contributed by atoms with Gasteiger partial charge in [0.2, 0.25) is 11.8 Å². The number of amides is 4. The maximum atomic E-state index is 12.4. The van der Waals surface area contributed by atoms with Gasteiger partial charge in [-0.2, -0.15) is 0 Å². The average Bonchev–Trinajstić information content (AvgIpc) is 3.10. The molecule has 7 nitrogen and oxygen atoms in total. The first-order valence-electron chi connectivity index (χ1n) is 11.6. The van der Waals surface area contributed by atoms with E-state index in [1.807, 2.05) is 0 Å². The Morgan fingerprint density at radius 2 is 1.56 bits per heavy atom. The van der Waals surface area contributed by atoms with Crippen molar-refractivity contribution in [3.63, 3.8) is 0 Å². The maximum Gasteiger partial charge on any atom is 0.253 e. The Labute approximate surface area is 189 Å². The van der Waals surface area contributed by atoms with Crippen LogP contribution >= 0.6 is 0 Å². The normalized spacial score (nSPS) is 20.5. The monoisotopic (exact) mass is 439 g/mol.